The van der Waals surface area contributed by atoms with Crippen LogP contribution >= 0.6 is 0 Å². The number of aliphatic carboxylic acids is 1. The Kier molecular flexibility index (Phi) is 6.68. The van der Waals surface area contributed by atoms with Gasteiger partial charge in [-0.2, -0.15) is 5.10 Å². The summed E-state index contributed by atoms with van der Waals surface area (Å²) in [6, 6.07) is 8.53. The largest absolute Gasteiger partial charge is 0.481 e. The maximum atomic E-state index is 12.1. The van der Waals surface area contributed by atoms with Crippen molar-refractivity contribution in [2.24, 2.45) is 0 Å². The molecule has 0 saturated heterocycles. The quantitative estimate of drug-likeness (QED) is 0.639. The van der Waals surface area contributed by atoms with E-state index in [1.54, 1.807) is 0 Å². The normalized spacial score (nSPS) is 18.4. The van der Waals surface area contributed by atoms with Crippen molar-refractivity contribution < 1.29 is 14.7 Å². The van der Waals surface area contributed by atoms with E-state index in [2.05, 4.69) is 63.4 Å². The van der Waals surface area contributed by atoms with Crippen LogP contribution in [-0.2, 0) is 15.0 Å². The summed E-state index contributed by atoms with van der Waals surface area (Å²) in [7, 11) is 0. The number of allylic oxidation sites excluding steroid dienone is 1. The van der Waals surface area contributed by atoms with E-state index >= 15 is 0 Å². The Morgan fingerprint density at radius 3 is 2.42 bits per heavy atom. The molecule has 2 atom stereocenters. The summed E-state index contributed by atoms with van der Waals surface area (Å²) in [5.74, 6) is -0.767. The summed E-state index contributed by atoms with van der Waals surface area (Å²) in [4.78, 5) is 22.7. The van der Waals surface area contributed by atoms with Gasteiger partial charge in [-0.25, -0.2) is 4.68 Å². The van der Waals surface area contributed by atoms with Gasteiger partial charge in [0.25, 0.3) is 0 Å². The van der Waals surface area contributed by atoms with Crippen LogP contribution in [0.2, 0.25) is 0 Å². The van der Waals surface area contributed by atoms with Crippen LogP contribution in [0.5, 0.6) is 0 Å². The standard InChI is InChI=1S/C25H33N3O3/c1-16-24(18-9-12-20(15-18)26-22(29)7-6-8-23(30)31)17(2)28(27-16)21-13-10-19(11-14-21)25(3,4)5/h9-14,18,20H,6-8,15H2,1-5H3,(H,26,29)(H,30,31)/t18-,20-/m1/s1. The van der Waals surface area contributed by atoms with Gasteiger partial charge < -0.3 is 10.4 Å². The van der Waals surface area contributed by atoms with Crippen molar-refractivity contribution in [3.05, 3.63) is 58.9 Å². The van der Waals surface area contributed by atoms with Crippen LogP contribution in [-0.4, -0.2) is 32.8 Å². The third-order valence-corrected chi connectivity index (χ3v) is 5.92. The van der Waals surface area contributed by atoms with Gasteiger partial charge in [0.05, 0.1) is 11.4 Å². The number of carbonyl (C=O) groups excluding carboxylic acids is 1. The third kappa shape index (κ3) is 5.43. The van der Waals surface area contributed by atoms with E-state index in [1.807, 2.05) is 17.7 Å². The third-order valence-electron chi connectivity index (χ3n) is 5.92. The minimum atomic E-state index is -0.871. The Hall–Kier alpha value is -2.89. The Labute approximate surface area is 184 Å². The number of carboxylic acids is 1. The molecule has 0 bridgehead atoms. The van der Waals surface area contributed by atoms with Gasteiger partial charge in [0.2, 0.25) is 5.91 Å². The van der Waals surface area contributed by atoms with Crippen molar-refractivity contribution >= 4 is 11.9 Å². The van der Waals surface area contributed by atoms with Gasteiger partial charge in [-0.1, -0.05) is 45.1 Å². The molecule has 6 nitrogen and oxygen atoms in total. The number of aryl methyl sites for hydroxylation is 1. The number of benzene rings is 1. The van der Waals surface area contributed by atoms with Crippen LogP contribution in [0.25, 0.3) is 5.69 Å². The van der Waals surface area contributed by atoms with E-state index in [0.29, 0.717) is 6.42 Å². The van der Waals surface area contributed by atoms with Gasteiger partial charge in [-0.15, -0.1) is 0 Å². The predicted octanol–water partition coefficient (Wildman–Crippen LogP) is 4.57. The maximum absolute atomic E-state index is 12.1. The van der Waals surface area contributed by atoms with Crippen molar-refractivity contribution in [3.63, 3.8) is 0 Å². The van der Waals surface area contributed by atoms with Crippen molar-refractivity contribution in [3.8, 4) is 5.69 Å². The highest BCUT2D eigenvalue weighted by Crippen LogP contribution is 2.34. The minimum Gasteiger partial charge on any atom is -0.481 e. The Morgan fingerprint density at radius 1 is 1.13 bits per heavy atom. The first-order valence-electron chi connectivity index (χ1n) is 10.9. The molecular weight excluding hydrogens is 390 g/mol. The summed E-state index contributed by atoms with van der Waals surface area (Å²) < 4.78 is 2.00. The van der Waals surface area contributed by atoms with E-state index in [4.69, 9.17) is 10.2 Å². The molecule has 1 aliphatic rings. The fourth-order valence-electron chi connectivity index (χ4n) is 4.24. The number of rotatable bonds is 7. The molecule has 0 radical (unpaired) electrons. The average molecular weight is 424 g/mol. The van der Waals surface area contributed by atoms with Gasteiger partial charge in [0.15, 0.2) is 0 Å². The number of amides is 1. The number of carboxylic acid groups (broad SMARTS) is 1. The van der Waals surface area contributed by atoms with Crippen LogP contribution in [0.15, 0.2) is 36.4 Å². The van der Waals surface area contributed by atoms with E-state index in [0.717, 1.165) is 23.5 Å². The van der Waals surface area contributed by atoms with E-state index in [-0.39, 0.29) is 36.1 Å². The van der Waals surface area contributed by atoms with Crippen molar-refractivity contribution in [2.75, 3.05) is 0 Å². The van der Waals surface area contributed by atoms with Gasteiger partial charge in [0, 0.05) is 36.1 Å². The van der Waals surface area contributed by atoms with Gasteiger partial charge in [-0.3, -0.25) is 9.59 Å². The molecule has 0 unspecified atom stereocenters. The second-order valence-electron chi connectivity index (χ2n) is 9.44. The molecular formula is C25H33N3O3. The fraction of sp³-hybridized carbons (Fsp3) is 0.480. The van der Waals surface area contributed by atoms with Crippen LogP contribution in [0, 0.1) is 13.8 Å². The number of hydrogen-bond acceptors (Lipinski definition) is 3. The zero-order chi connectivity index (χ0) is 22.8. The molecule has 1 amide bonds. The molecule has 1 aromatic carbocycles. The molecule has 0 spiro atoms. The lowest BCUT2D eigenvalue weighted by molar-refractivity contribution is -0.137. The Morgan fingerprint density at radius 2 is 1.81 bits per heavy atom. The Bertz CT molecular complexity index is 981. The van der Waals surface area contributed by atoms with E-state index in [1.165, 1.54) is 11.1 Å². The summed E-state index contributed by atoms with van der Waals surface area (Å²) in [6.45, 7) is 10.7. The minimum absolute atomic E-state index is 0.0187. The zero-order valence-corrected chi connectivity index (χ0v) is 19.1. The van der Waals surface area contributed by atoms with Crippen LogP contribution < -0.4 is 5.32 Å². The van der Waals surface area contributed by atoms with Crippen LogP contribution in [0.4, 0.5) is 0 Å². The molecule has 6 heteroatoms. The summed E-state index contributed by atoms with van der Waals surface area (Å²) in [6.07, 6.45) is 5.59. The van der Waals surface area contributed by atoms with Crippen molar-refractivity contribution in [1.29, 1.82) is 0 Å². The van der Waals surface area contributed by atoms with Crippen LogP contribution in [0.1, 0.15) is 74.9 Å². The molecule has 166 valence electrons. The lowest BCUT2D eigenvalue weighted by atomic mass is 9.87. The van der Waals surface area contributed by atoms with Gasteiger partial charge in [0.1, 0.15) is 0 Å². The molecule has 0 fully saturated rings. The number of nitrogens with zero attached hydrogens (tertiary/aromatic N) is 2. The summed E-state index contributed by atoms with van der Waals surface area (Å²) in [5.41, 5.74) is 5.77. The molecule has 1 aliphatic carbocycles. The van der Waals surface area contributed by atoms with E-state index in [9.17, 15) is 9.59 Å². The average Bonchev–Trinajstić information content (AvgIpc) is 3.24. The molecule has 1 heterocycles. The topological polar surface area (TPSA) is 84.2 Å². The Balaban J connectivity index is 1.68. The lowest BCUT2D eigenvalue weighted by Crippen LogP contribution is -2.32. The molecule has 0 saturated carbocycles. The molecule has 2 aromatic rings. The van der Waals surface area contributed by atoms with Crippen LogP contribution in [0.3, 0.4) is 0 Å². The first kappa shape index (κ1) is 22.8. The second kappa shape index (κ2) is 9.08. The maximum Gasteiger partial charge on any atom is 0.303 e. The summed E-state index contributed by atoms with van der Waals surface area (Å²) in [5, 5.41) is 16.5. The van der Waals surface area contributed by atoms with E-state index < -0.39 is 5.97 Å². The molecule has 2 N–H and O–H groups in total. The van der Waals surface area contributed by atoms with Gasteiger partial charge in [-0.05, 0) is 49.8 Å². The van der Waals surface area contributed by atoms with Crippen molar-refractivity contribution in [2.45, 2.75) is 77.7 Å². The predicted molar refractivity (Wildman–Crippen MR) is 122 cm³/mol. The highest BCUT2D eigenvalue weighted by Gasteiger charge is 2.27. The number of nitrogens with one attached hydrogen (secondary N) is 1. The number of aromatic nitrogens is 2. The SMILES string of the molecule is Cc1nn(-c2ccc(C(C)(C)C)cc2)c(C)c1[C@@H]1C=C[C@@H](NC(=O)CCCC(=O)O)C1. The molecule has 31 heavy (non-hydrogen) atoms. The first-order valence-corrected chi connectivity index (χ1v) is 10.9. The molecule has 1 aromatic heterocycles. The fourth-order valence-corrected chi connectivity index (χ4v) is 4.24. The van der Waals surface area contributed by atoms with Gasteiger partial charge >= 0.3 is 5.97 Å². The highest BCUT2D eigenvalue weighted by molar-refractivity contribution is 5.77. The zero-order valence-electron chi connectivity index (χ0n) is 19.1. The number of carbonyl (C=O) groups is 2. The molecule has 3 rings (SSSR count). The second-order valence-corrected chi connectivity index (χ2v) is 9.44. The highest BCUT2D eigenvalue weighted by atomic mass is 16.4. The molecule has 0 aliphatic heterocycles. The smallest absolute Gasteiger partial charge is 0.303 e. The summed E-state index contributed by atoms with van der Waals surface area (Å²) >= 11 is 0. The first-order chi connectivity index (χ1) is 14.6. The lowest BCUT2D eigenvalue weighted by Gasteiger charge is -2.19. The van der Waals surface area contributed by atoms with Crippen molar-refractivity contribution in [1.82, 2.24) is 15.1 Å². The monoisotopic (exact) mass is 423 g/mol. The number of hydrogen-bond donors (Lipinski definition) is 2.